The highest BCUT2D eigenvalue weighted by molar-refractivity contribution is 5.94. The van der Waals surface area contributed by atoms with Gasteiger partial charge in [0.25, 0.3) is 5.91 Å². The quantitative estimate of drug-likeness (QED) is 0.896. The van der Waals surface area contributed by atoms with Crippen LogP contribution in [0.15, 0.2) is 28.8 Å². The number of rotatable bonds is 2. The molecule has 0 aliphatic carbocycles. The van der Waals surface area contributed by atoms with Gasteiger partial charge in [-0.2, -0.15) is 18.2 Å². The minimum Gasteiger partial charge on any atom is -0.338 e. The molecule has 1 aliphatic heterocycles. The van der Waals surface area contributed by atoms with Crippen molar-refractivity contribution in [2.75, 3.05) is 13.1 Å². The Balaban J connectivity index is 1.74. The number of hydrogen-bond acceptors (Lipinski definition) is 5. The predicted molar refractivity (Wildman–Crippen MR) is 82.4 cm³/mol. The molecule has 1 aromatic carbocycles. The molecule has 1 amide bonds. The summed E-state index contributed by atoms with van der Waals surface area (Å²) in [6, 6.07) is 6.17. The molecule has 1 saturated heterocycles. The molecule has 1 aliphatic rings. The molecule has 0 bridgehead atoms. The summed E-state index contributed by atoms with van der Waals surface area (Å²) < 4.78 is 41.7. The summed E-state index contributed by atoms with van der Waals surface area (Å²) >= 11 is 0. The molecule has 2 N–H and O–H groups in total. The highest BCUT2D eigenvalue weighted by atomic mass is 19.4. The van der Waals surface area contributed by atoms with Gasteiger partial charge in [0.05, 0.1) is 0 Å². The number of piperidine rings is 1. The van der Waals surface area contributed by atoms with Gasteiger partial charge in [0, 0.05) is 30.3 Å². The molecule has 0 unspecified atom stereocenters. The van der Waals surface area contributed by atoms with Gasteiger partial charge < -0.3 is 15.2 Å². The summed E-state index contributed by atoms with van der Waals surface area (Å²) in [5, 5.41) is 3.32. The zero-order chi connectivity index (χ0) is 18.2. The maximum Gasteiger partial charge on any atom is 0.471 e. The Kier molecular flexibility index (Phi) is 4.51. The molecule has 0 radical (unpaired) electrons. The first kappa shape index (κ1) is 17.4. The smallest absolute Gasteiger partial charge is 0.338 e. The fourth-order valence-electron chi connectivity index (χ4n) is 2.75. The summed E-state index contributed by atoms with van der Waals surface area (Å²) in [6.45, 7) is 3.18. The van der Waals surface area contributed by atoms with Gasteiger partial charge in [-0.1, -0.05) is 24.2 Å². The highest BCUT2D eigenvalue weighted by Crippen LogP contribution is 2.29. The summed E-state index contributed by atoms with van der Waals surface area (Å²) in [4.78, 5) is 17.6. The molecule has 2 heterocycles. The third kappa shape index (κ3) is 3.65. The maximum absolute atomic E-state index is 12.5. The van der Waals surface area contributed by atoms with Gasteiger partial charge in [0.2, 0.25) is 5.82 Å². The lowest BCUT2D eigenvalue weighted by atomic mass is 9.94. The molecule has 6 nitrogen and oxygen atoms in total. The largest absolute Gasteiger partial charge is 0.471 e. The summed E-state index contributed by atoms with van der Waals surface area (Å²) in [7, 11) is 0. The van der Waals surface area contributed by atoms with E-state index in [9.17, 15) is 18.0 Å². The Hall–Kier alpha value is -2.42. The lowest BCUT2D eigenvalue weighted by Gasteiger charge is -2.35. The standard InChI is InChI=1S/C16H17F3N4O2/c1-9-8-23(7-6-12(9)20)14(24)11-4-2-10(3-5-11)13-21-15(25-22-13)16(17,18)19/h2-5,9,12H,6-8,20H2,1H3/t9-,12+/m0/s1. The van der Waals surface area contributed by atoms with Crippen LogP contribution in [-0.4, -0.2) is 40.1 Å². The minimum atomic E-state index is -4.69. The Morgan fingerprint density at radius 3 is 2.56 bits per heavy atom. The Morgan fingerprint density at radius 2 is 2.00 bits per heavy atom. The van der Waals surface area contributed by atoms with E-state index in [-0.39, 0.29) is 23.7 Å². The van der Waals surface area contributed by atoms with Crippen molar-refractivity contribution in [3.8, 4) is 11.4 Å². The topological polar surface area (TPSA) is 85.2 Å². The van der Waals surface area contributed by atoms with Crippen molar-refractivity contribution in [2.24, 2.45) is 11.7 Å². The summed E-state index contributed by atoms with van der Waals surface area (Å²) in [5.41, 5.74) is 6.74. The van der Waals surface area contributed by atoms with Crippen LogP contribution in [0.5, 0.6) is 0 Å². The Morgan fingerprint density at radius 1 is 1.32 bits per heavy atom. The fraction of sp³-hybridized carbons (Fsp3) is 0.438. The number of nitrogens with two attached hydrogens (primary N) is 1. The number of hydrogen-bond donors (Lipinski definition) is 1. The number of carbonyl (C=O) groups excluding carboxylic acids is 1. The summed E-state index contributed by atoms with van der Waals surface area (Å²) in [5.74, 6) is -1.49. The van der Waals surface area contributed by atoms with Crippen molar-refractivity contribution in [1.82, 2.24) is 15.0 Å². The van der Waals surface area contributed by atoms with Gasteiger partial charge in [-0.25, -0.2) is 0 Å². The van der Waals surface area contributed by atoms with Crippen LogP contribution < -0.4 is 5.73 Å². The number of benzene rings is 1. The molecule has 3 rings (SSSR count). The Labute approximate surface area is 141 Å². The second-order valence-corrected chi connectivity index (χ2v) is 6.18. The average Bonchev–Trinajstić information content (AvgIpc) is 3.07. The van der Waals surface area contributed by atoms with Gasteiger partial charge in [-0.05, 0) is 24.5 Å². The number of nitrogens with zero attached hydrogens (tertiary/aromatic N) is 3. The van der Waals surface area contributed by atoms with Crippen molar-refractivity contribution in [1.29, 1.82) is 0 Å². The molecule has 0 spiro atoms. The molecule has 2 aromatic rings. The number of amides is 1. The third-order valence-corrected chi connectivity index (χ3v) is 4.32. The van der Waals surface area contributed by atoms with Gasteiger partial charge in [0.15, 0.2) is 0 Å². The molecular formula is C16H17F3N4O2. The van der Waals surface area contributed by atoms with E-state index in [1.54, 1.807) is 17.0 Å². The number of alkyl halides is 3. The lowest BCUT2D eigenvalue weighted by molar-refractivity contribution is -0.159. The predicted octanol–water partition coefficient (Wildman–Crippen LogP) is 2.56. The molecule has 9 heteroatoms. The highest BCUT2D eigenvalue weighted by Gasteiger charge is 2.38. The summed E-state index contributed by atoms with van der Waals surface area (Å²) in [6.07, 6.45) is -3.94. The first-order valence-electron chi connectivity index (χ1n) is 7.82. The van der Waals surface area contributed by atoms with Gasteiger partial charge in [-0.3, -0.25) is 4.79 Å². The Bertz CT molecular complexity index is 757. The van der Waals surface area contributed by atoms with E-state index in [1.165, 1.54) is 12.1 Å². The number of halogens is 3. The normalized spacial score (nSPS) is 21.4. The zero-order valence-electron chi connectivity index (χ0n) is 13.5. The van der Waals surface area contributed by atoms with Gasteiger partial charge in [0.1, 0.15) is 0 Å². The van der Waals surface area contributed by atoms with E-state index in [4.69, 9.17) is 5.73 Å². The van der Waals surface area contributed by atoms with Crippen LogP contribution in [0, 0.1) is 5.92 Å². The molecule has 0 saturated carbocycles. The van der Waals surface area contributed by atoms with E-state index < -0.39 is 12.1 Å². The van der Waals surface area contributed by atoms with Gasteiger partial charge >= 0.3 is 12.1 Å². The monoisotopic (exact) mass is 354 g/mol. The van der Waals surface area contributed by atoms with Crippen molar-refractivity contribution in [3.63, 3.8) is 0 Å². The van der Waals surface area contributed by atoms with Crippen LogP contribution in [-0.2, 0) is 6.18 Å². The maximum atomic E-state index is 12.5. The van der Waals surface area contributed by atoms with Crippen molar-refractivity contribution in [2.45, 2.75) is 25.6 Å². The fourth-order valence-corrected chi connectivity index (χ4v) is 2.75. The van der Waals surface area contributed by atoms with E-state index in [2.05, 4.69) is 14.7 Å². The second kappa shape index (κ2) is 6.47. The average molecular weight is 354 g/mol. The van der Waals surface area contributed by atoms with E-state index in [1.807, 2.05) is 6.92 Å². The molecule has 134 valence electrons. The first-order chi connectivity index (χ1) is 11.8. The van der Waals surface area contributed by atoms with E-state index in [0.717, 1.165) is 6.42 Å². The molecule has 25 heavy (non-hydrogen) atoms. The second-order valence-electron chi connectivity index (χ2n) is 6.18. The molecule has 1 aromatic heterocycles. The van der Waals surface area contributed by atoms with Crippen LogP contribution in [0.3, 0.4) is 0 Å². The van der Waals surface area contributed by atoms with Crippen LogP contribution in [0.4, 0.5) is 13.2 Å². The van der Waals surface area contributed by atoms with Crippen molar-refractivity contribution >= 4 is 5.91 Å². The molecule has 2 atom stereocenters. The van der Waals surface area contributed by atoms with Gasteiger partial charge in [-0.15, -0.1) is 0 Å². The third-order valence-electron chi connectivity index (χ3n) is 4.32. The van der Waals surface area contributed by atoms with Crippen LogP contribution in [0.1, 0.15) is 29.6 Å². The van der Waals surface area contributed by atoms with E-state index in [0.29, 0.717) is 24.2 Å². The SMILES string of the molecule is C[C@H]1CN(C(=O)c2ccc(-c3noc(C(F)(F)F)n3)cc2)CC[C@H]1N. The molecular weight excluding hydrogens is 337 g/mol. The van der Waals surface area contributed by atoms with E-state index >= 15 is 0 Å². The molecule has 1 fully saturated rings. The van der Waals surface area contributed by atoms with Crippen LogP contribution >= 0.6 is 0 Å². The number of likely N-dealkylation sites (tertiary alicyclic amines) is 1. The number of aromatic nitrogens is 2. The first-order valence-corrected chi connectivity index (χ1v) is 7.82. The van der Waals surface area contributed by atoms with Crippen molar-refractivity contribution < 1.29 is 22.5 Å². The van der Waals surface area contributed by atoms with Crippen LogP contribution in [0.2, 0.25) is 0 Å². The number of carbonyl (C=O) groups is 1. The van der Waals surface area contributed by atoms with Crippen LogP contribution in [0.25, 0.3) is 11.4 Å². The minimum absolute atomic E-state index is 0.0903. The lowest BCUT2D eigenvalue weighted by Crippen LogP contribution is -2.48. The zero-order valence-corrected chi connectivity index (χ0v) is 13.5. The van der Waals surface area contributed by atoms with Crippen molar-refractivity contribution in [3.05, 3.63) is 35.7 Å².